The van der Waals surface area contributed by atoms with Gasteiger partial charge in [0.2, 0.25) is 5.91 Å². The van der Waals surface area contributed by atoms with Crippen LogP contribution in [0.15, 0.2) is 35.3 Å². The molecule has 0 aliphatic carbocycles. The third-order valence-corrected chi connectivity index (χ3v) is 6.50. The van der Waals surface area contributed by atoms with Crippen molar-refractivity contribution in [3.05, 3.63) is 35.9 Å². The number of aliphatic imine (C=N–C) groups is 1. The number of guanidine groups is 1. The molecular formula is C25H41N5O. The summed E-state index contributed by atoms with van der Waals surface area (Å²) < 4.78 is 0. The predicted octanol–water partition coefficient (Wildman–Crippen LogP) is 2.75. The fourth-order valence-corrected chi connectivity index (χ4v) is 4.64. The van der Waals surface area contributed by atoms with Crippen LogP contribution in [0.1, 0.15) is 45.6 Å². The molecule has 0 saturated carbocycles. The van der Waals surface area contributed by atoms with Crippen LogP contribution < -0.4 is 10.6 Å². The van der Waals surface area contributed by atoms with Crippen molar-refractivity contribution in [3.63, 3.8) is 0 Å². The summed E-state index contributed by atoms with van der Waals surface area (Å²) >= 11 is 0. The minimum absolute atomic E-state index is 0.269. The zero-order valence-electron chi connectivity index (χ0n) is 19.6. The highest BCUT2D eigenvalue weighted by atomic mass is 16.2. The van der Waals surface area contributed by atoms with E-state index >= 15 is 0 Å². The molecule has 172 valence electrons. The number of amides is 1. The molecule has 0 spiro atoms. The Morgan fingerprint density at radius 1 is 1.16 bits per heavy atom. The fraction of sp³-hybridized carbons (Fsp3) is 0.680. The van der Waals surface area contributed by atoms with Crippen LogP contribution in [-0.2, 0) is 11.2 Å². The van der Waals surface area contributed by atoms with E-state index in [-0.39, 0.29) is 5.91 Å². The molecule has 0 aromatic heterocycles. The van der Waals surface area contributed by atoms with Crippen LogP contribution >= 0.6 is 0 Å². The van der Waals surface area contributed by atoms with Gasteiger partial charge in [-0.1, -0.05) is 30.3 Å². The Balaban J connectivity index is 1.44. The van der Waals surface area contributed by atoms with E-state index in [9.17, 15) is 4.79 Å². The number of rotatable bonds is 9. The van der Waals surface area contributed by atoms with Crippen molar-refractivity contribution >= 4 is 11.9 Å². The quantitative estimate of drug-likeness (QED) is 0.470. The second kappa shape index (κ2) is 12.1. The van der Waals surface area contributed by atoms with Gasteiger partial charge >= 0.3 is 0 Å². The van der Waals surface area contributed by atoms with Crippen molar-refractivity contribution in [2.24, 2.45) is 16.8 Å². The number of piperidine rings is 1. The molecule has 6 heteroatoms. The second-order valence-corrected chi connectivity index (χ2v) is 9.34. The molecular weight excluding hydrogens is 386 g/mol. The summed E-state index contributed by atoms with van der Waals surface area (Å²) in [5.41, 5.74) is 1.29. The lowest BCUT2D eigenvalue weighted by Gasteiger charge is -2.35. The van der Waals surface area contributed by atoms with E-state index in [2.05, 4.69) is 60.6 Å². The Bertz CT molecular complexity index is 705. The first-order valence-electron chi connectivity index (χ1n) is 12.1. The third kappa shape index (κ3) is 7.53. The number of nitrogens with one attached hydrogen (secondary N) is 2. The summed E-state index contributed by atoms with van der Waals surface area (Å²) in [6.45, 7) is 13.2. The average molecular weight is 428 g/mol. The van der Waals surface area contributed by atoms with Gasteiger partial charge in [0.05, 0.1) is 0 Å². The Kier molecular flexibility index (Phi) is 9.19. The van der Waals surface area contributed by atoms with Crippen LogP contribution in [0, 0.1) is 11.8 Å². The zero-order valence-corrected chi connectivity index (χ0v) is 19.6. The lowest BCUT2D eigenvalue weighted by molar-refractivity contribution is -0.127. The third-order valence-electron chi connectivity index (χ3n) is 6.50. The molecule has 2 N–H and O–H groups in total. The molecule has 2 fully saturated rings. The van der Waals surface area contributed by atoms with E-state index in [1.54, 1.807) is 0 Å². The maximum Gasteiger partial charge on any atom is 0.223 e. The second-order valence-electron chi connectivity index (χ2n) is 9.34. The lowest BCUT2D eigenvalue weighted by atomic mass is 9.97. The van der Waals surface area contributed by atoms with Crippen LogP contribution in [0.4, 0.5) is 0 Å². The molecule has 0 bridgehead atoms. The molecule has 2 aliphatic rings. The zero-order chi connectivity index (χ0) is 22.1. The van der Waals surface area contributed by atoms with Crippen LogP contribution in [0.3, 0.4) is 0 Å². The van der Waals surface area contributed by atoms with Gasteiger partial charge < -0.3 is 20.4 Å². The minimum atomic E-state index is 0.269. The van der Waals surface area contributed by atoms with Gasteiger partial charge in [0, 0.05) is 57.6 Å². The van der Waals surface area contributed by atoms with Crippen LogP contribution in [-0.4, -0.2) is 73.5 Å². The van der Waals surface area contributed by atoms with Crippen molar-refractivity contribution in [2.45, 2.75) is 52.5 Å². The van der Waals surface area contributed by atoms with Gasteiger partial charge in [-0.2, -0.15) is 0 Å². The SMILES string of the molecule is CCNC(=NCC1CC(=O)N(CCc2ccccc2)C1)NCC1CCCN(C(C)C)C1. The number of nitrogens with zero attached hydrogens (tertiary/aromatic N) is 3. The number of benzene rings is 1. The van der Waals surface area contributed by atoms with Crippen molar-refractivity contribution < 1.29 is 4.79 Å². The minimum Gasteiger partial charge on any atom is -0.357 e. The molecule has 6 nitrogen and oxygen atoms in total. The number of hydrogen-bond donors (Lipinski definition) is 2. The summed E-state index contributed by atoms with van der Waals surface area (Å²) in [5.74, 6) is 2.14. The highest BCUT2D eigenvalue weighted by Crippen LogP contribution is 2.19. The first-order valence-corrected chi connectivity index (χ1v) is 12.1. The summed E-state index contributed by atoms with van der Waals surface area (Å²) in [4.78, 5) is 21.8. The molecule has 1 amide bonds. The molecule has 31 heavy (non-hydrogen) atoms. The molecule has 2 heterocycles. The Morgan fingerprint density at radius 2 is 1.97 bits per heavy atom. The number of likely N-dealkylation sites (tertiary alicyclic amines) is 2. The molecule has 1 aromatic carbocycles. The van der Waals surface area contributed by atoms with Gasteiger partial charge in [-0.15, -0.1) is 0 Å². The number of carbonyl (C=O) groups excluding carboxylic acids is 1. The molecule has 1 aromatic rings. The average Bonchev–Trinajstić information content (AvgIpc) is 3.14. The topological polar surface area (TPSA) is 60.0 Å². The Morgan fingerprint density at radius 3 is 2.71 bits per heavy atom. The lowest BCUT2D eigenvalue weighted by Crippen LogP contribution is -2.46. The van der Waals surface area contributed by atoms with Crippen molar-refractivity contribution in [2.75, 3.05) is 45.8 Å². The highest BCUT2D eigenvalue weighted by Gasteiger charge is 2.29. The molecule has 2 aliphatic heterocycles. The maximum absolute atomic E-state index is 12.4. The van der Waals surface area contributed by atoms with Gasteiger partial charge in [-0.3, -0.25) is 9.79 Å². The van der Waals surface area contributed by atoms with E-state index in [1.807, 2.05) is 11.0 Å². The van der Waals surface area contributed by atoms with Crippen molar-refractivity contribution in [3.8, 4) is 0 Å². The van der Waals surface area contributed by atoms with Crippen LogP contribution in [0.2, 0.25) is 0 Å². The largest absolute Gasteiger partial charge is 0.357 e. The van der Waals surface area contributed by atoms with Crippen molar-refractivity contribution in [1.82, 2.24) is 20.4 Å². The Labute approximate surface area is 188 Å². The van der Waals surface area contributed by atoms with Gasteiger partial charge in [-0.05, 0) is 58.1 Å². The smallest absolute Gasteiger partial charge is 0.223 e. The predicted molar refractivity (Wildman–Crippen MR) is 128 cm³/mol. The van der Waals surface area contributed by atoms with E-state index < -0.39 is 0 Å². The van der Waals surface area contributed by atoms with Gasteiger partial charge in [0.25, 0.3) is 0 Å². The van der Waals surface area contributed by atoms with Gasteiger partial charge in [-0.25, -0.2) is 0 Å². The van der Waals surface area contributed by atoms with Gasteiger partial charge in [0.15, 0.2) is 5.96 Å². The van der Waals surface area contributed by atoms with E-state index in [0.29, 0.717) is 30.8 Å². The molecule has 0 radical (unpaired) electrons. The highest BCUT2D eigenvalue weighted by molar-refractivity contribution is 5.80. The van der Waals surface area contributed by atoms with E-state index in [4.69, 9.17) is 4.99 Å². The van der Waals surface area contributed by atoms with E-state index in [0.717, 1.165) is 45.1 Å². The molecule has 3 rings (SSSR count). The van der Waals surface area contributed by atoms with E-state index in [1.165, 1.54) is 24.9 Å². The summed E-state index contributed by atoms with van der Waals surface area (Å²) in [7, 11) is 0. The maximum atomic E-state index is 12.4. The Hall–Kier alpha value is -2.08. The standard InChI is InChI=1S/C25H41N5O/c1-4-26-25(27-16-22-11-8-13-29(18-22)20(2)3)28-17-23-15-24(31)30(19-23)14-12-21-9-6-5-7-10-21/h5-7,9-10,20,22-23H,4,8,11-19H2,1-3H3,(H2,26,27,28). The first kappa shape index (κ1) is 23.6. The molecule has 2 atom stereocenters. The summed E-state index contributed by atoms with van der Waals surface area (Å²) in [5, 5.41) is 6.93. The van der Waals surface area contributed by atoms with Gasteiger partial charge in [0.1, 0.15) is 0 Å². The fourth-order valence-electron chi connectivity index (χ4n) is 4.64. The monoisotopic (exact) mass is 427 g/mol. The molecule has 2 unspecified atom stereocenters. The number of carbonyl (C=O) groups is 1. The van der Waals surface area contributed by atoms with Crippen LogP contribution in [0.25, 0.3) is 0 Å². The van der Waals surface area contributed by atoms with Crippen molar-refractivity contribution in [1.29, 1.82) is 0 Å². The molecule has 2 saturated heterocycles. The number of hydrogen-bond acceptors (Lipinski definition) is 3. The summed E-state index contributed by atoms with van der Waals surface area (Å²) in [6, 6.07) is 11.0. The van der Waals surface area contributed by atoms with Crippen LogP contribution in [0.5, 0.6) is 0 Å². The summed E-state index contributed by atoms with van der Waals surface area (Å²) in [6.07, 6.45) is 4.09. The normalized spacial score (nSPS) is 22.9. The first-order chi connectivity index (χ1) is 15.0.